The summed E-state index contributed by atoms with van der Waals surface area (Å²) in [7, 11) is 1.68. The molecule has 0 radical (unpaired) electrons. The molecule has 138 valence electrons. The van der Waals surface area contributed by atoms with Crippen molar-refractivity contribution in [2.75, 3.05) is 44.7 Å². The van der Waals surface area contributed by atoms with Gasteiger partial charge in [-0.25, -0.2) is 0 Å². The highest BCUT2D eigenvalue weighted by Crippen LogP contribution is 2.20. The maximum Gasteiger partial charge on any atom is 0.221 e. The van der Waals surface area contributed by atoms with Crippen molar-refractivity contribution in [1.82, 2.24) is 15.2 Å². The number of ether oxygens (including phenoxy) is 1. The van der Waals surface area contributed by atoms with Crippen molar-refractivity contribution in [2.24, 2.45) is 0 Å². The first kappa shape index (κ1) is 18.2. The molecule has 0 atom stereocenters. The molecule has 2 aromatic rings. The van der Waals surface area contributed by atoms with Gasteiger partial charge in [-0.15, -0.1) is 0 Å². The molecule has 6 heteroatoms. The minimum atomic E-state index is 0.0967. The van der Waals surface area contributed by atoms with E-state index in [-0.39, 0.29) is 5.91 Å². The minimum Gasteiger partial charge on any atom is -0.497 e. The van der Waals surface area contributed by atoms with Gasteiger partial charge in [0.15, 0.2) is 0 Å². The average molecular weight is 354 g/mol. The fraction of sp³-hybridized carbons (Fsp3) is 0.400. The molecule has 6 nitrogen and oxygen atoms in total. The molecule has 1 fully saturated rings. The number of aromatic nitrogens is 1. The molecule has 0 spiro atoms. The predicted molar refractivity (Wildman–Crippen MR) is 102 cm³/mol. The summed E-state index contributed by atoms with van der Waals surface area (Å²) in [4.78, 5) is 20.7. The van der Waals surface area contributed by atoms with E-state index in [0.717, 1.165) is 44.0 Å². The molecule has 0 aliphatic carbocycles. The molecule has 1 saturated heterocycles. The number of amides is 1. The number of benzene rings is 1. The van der Waals surface area contributed by atoms with Crippen LogP contribution in [0.3, 0.4) is 0 Å². The van der Waals surface area contributed by atoms with Gasteiger partial charge in [0.25, 0.3) is 0 Å². The third kappa shape index (κ3) is 5.20. The topological polar surface area (TPSA) is 57.7 Å². The Morgan fingerprint density at radius 1 is 1.08 bits per heavy atom. The van der Waals surface area contributed by atoms with Crippen LogP contribution in [0.1, 0.15) is 12.0 Å². The second-order valence-corrected chi connectivity index (χ2v) is 6.41. The maximum atomic E-state index is 12.0. The van der Waals surface area contributed by atoms with Crippen molar-refractivity contribution < 1.29 is 9.53 Å². The molecule has 1 amide bonds. The van der Waals surface area contributed by atoms with Crippen LogP contribution >= 0.6 is 0 Å². The maximum absolute atomic E-state index is 12.0. The van der Waals surface area contributed by atoms with E-state index in [1.54, 1.807) is 19.5 Å². The third-order valence-corrected chi connectivity index (χ3v) is 4.70. The summed E-state index contributed by atoms with van der Waals surface area (Å²) in [6.07, 6.45) is 4.02. The van der Waals surface area contributed by atoms with E-state index in [4.69, 9.17) is 4.74 Å². The molecule has 1 aromatic heterocycles. The molecule has 0 saturated carbocycles. The van der Waals surface area contributed by atoms with Crippen LogP contribution in [-0.4, -0.2) is 55.6 Å². The fourth-order valence-corrected chi connectivity index (χ4v) is 3.07. The lowest BCUT2D eigenvalue weighted by Crippen LogP contribution is -2.47. The predicted octanol–water partition coefficient (Wildman–Crippen LogP) is 1.92. The highest BCUT2D eigenvalue weighted by molar-refractivity contribution is 5.76. The molecule has 1 aromatic carbocycles. The van der Waals surface area contributed by atoms with E-state index in [0.29, 0.717) is 13.0 Å². The number of carbonyl (C=O) groups is 1. The Balaban J connectivity index is 1.36. The Morgan fingerprint density at radius 2 is 1.77 bits per heavy atom. The van der Waals surface area contributed by atoms with Gasteiger partial charge in [-0.2, -0.15) is 0 Å². The Kier molecular flexibility index (Phi) is 6.44. The van der Waals surface area contributed by atoms with Crippen molar-refractivity contribution in [2.45, 2.75) is 13.0 Å². The highest BCUT2D eigenvalue weighted by Gasteiger charge is 2.17. The van der Waals surface area contributed by atoms with Crippen molar-refractivity contribution in [3.05, 3.63) is 54.4 Å². The lowest BCUT2D eigenvalue weighted by Gasteiger charge is -2.36. The zero-order chi connectivity index (χ0) is 18.2. The quantitative estimate of drug-likeness (QED) is 0.823. The molecule has 1 aliphatic heterocycles. The number of piperazine rings is 1. The van der Waals surface area contributed by atoms with Gasteiger partial charge in [0.1, 0.15) is 5.75 Å². The van der Waals surface area contributed by atoms with Crippen molar-refractivity contribution >= 4 is 11.6 Å². The van der Waals surface area contributed by atoms with Gasteiger partial charge >= 0.3 is 0 Å². The van der Waals surface area contributed by atoms with Gasteiger partial charge in [-0.3, -0.25) is 14.7 Å². The highest BCUT2D eigenvalue weighted by atomic mass is 16.5. The number of anilines is 1. The van der Waals surface area contributed by atoms with E-state index < -0.39 is 0 Å². The van der Waals surface area contributed by atoms with E-state index >= 15 is 0 Å². The molecule has 0 bridgehead atoms. The molecule has 1 aliphatic rings. The van der Waals surface area contributed by atoms with E-state index in [2.05, 4.69) is 32.2 Å². The van der Waals surface area contributed by atoms with Crippen LogP contribution in [0, 0.1) is 0 Å². The molecule has 2 heterocycles. The largest absolute Gasteiger partial charge is 0.497 e. The number of carbonyl (C=O) groups excluding carboxylic acids is 1. The van der Waals surface area contributed by atoms with Gasteiger partial charge in [0, 0.05) is 63.8 Å². The van der Waals surface area contributed by atoms with Gasteiger partial charge in [0.05, 0.1) is 7.11 Å². The lowest BCUT2D eigenvalue weighted by molar-refractivity contribution is -0.121. The zero-order valence-corrected chi connectivity index (χ0v) is 15.2. The smallest absolute Gasteiger partial charge is 0.221 e. The van der Waals surface area contributed by atoms with Crippen LogP contribution in [0.4, 0.5) is 5.69 Å². The zero-order valence-electron chi connectivity index (χ0n) is 15.2. The molecular formula is C20H26N4O2. The summed E-state index contributed by atoms with van der Waals surface area (Å²) in [5, 5.41) is 2.97. The fourth-order valence-electron chi connectivity index (χ4n) is 3.07. The number of pyridine rings is 1. The van der Waals surface area contributed by atoms with Gasteiger partial charge in [-0.05, 0) is 42.0 Å². The minimum absolute atomic E-state index is 0.0967. The SMILES string of the molecule is COc1ccc(N2CCN(CCC(=O)NCc3ccncc3)CC2)cc1. The van der Waals surface area contributed by atoms with Crippen LogP contribution in [0.15, 0.2) is 48.8 Å². The van der Waals surface area contributed by atoms with Crippen LogP contribution in [0.5, 0.6) is 5.75 Å². The van der Waals surface area contributed by atoms with Crippen molar-refractivity contribution in [3.8, 4) is 5.75 Å². The number of hydrogen-bond acceptors (Lipinski definition) is 5. The van der Waals surface area contributed by atoms with Crippen LogP contribution in [0.2, 0.25) is 0 Å². The molecular weight excluding hydrogens is 328 g/mol. The number of nitrogens with one attached hydrogen (secondary N) is 1. The standard InChI is InChI=1S/C20H26N4O2/c1-26-19-4-2-18(3-5-19)24-14-12-23(13-15-24)11-8-20(25)22-16-17-6-9-21-10-7-17/h2-7,9-10H,8,11-16H2,1H3,(H,22,25). The number of hydrogen-bond donors (Lipinski definition) is 1. The van der Waals surface area contributed by atoms with Gasteiger partial charge in [0.2, 0.25) is 5.91 Å². The first-order chi connectivity index (χ1) is 12.7. The first-order valence-electron chi connectivity index (χ1n) is 9.01. The third-order valence-electron chi connectivity index (χ3n) is 4.70. The second-order valence-electron chi connectivity index (χ2n) is 6.41. The van der Waals surface area contributed by atoms with Crippen LogP contribution < -0.4 is 15.0 Å². The number of methoxy groups -OCH3 is 1. The molecule has 1 N–H and O–H groups in total. The summed E-state index contributed by atoms with van der Waals surface area (Å²) in [5.74, 6) is 0.976. The van der Waals surface area contributed by atoms with E-state index in [9.17, 15) is 4.79 Å². The monoisotopic (exact) mass is 354 g/mol. The van der Waals surface area contributed by atoms with Gasteiger partial charge < -0.3 is 15.0 Å². The number of nitrogens with zero attached hydrogens (tertiary/aromatic N) is 3. The summed E-state index contributed by atoms with van der Waals surface area (Å²) < 4.78 is 5.21. The summed E-state index contributed by atoms with van der Waals surface area (Å²) in [6.45, 7) is 5.27. The molecule has 0 unspecified atom stereocenters. The Hall–Kier alpha value is -2.60. The van der Waals surface area contributed by atoms with Crippen LogP contribution in [0.25, 0.3) is 0 Å². The average Bonchev–Trinajstić information content (AvgIpc) is 2.72. The Bertz CT molecular complexity index is 683. The van der Waals surface area contributed by atoms with Crippen molar-refractivity contribution in [3.63, 3.8) is 0 Å². The molecule has 3 rings (SSSR count). The second kappa shape index (κ2) is 9.20. The summed E-state index contributed by atoms with van der Waals surface area (Å²) >= 11 is 0. The number of rotatable bonds is 7. The normalized spacial score (nSPS) is 14.9. The van der Waals surface area contributed by atoms with E-state index in [1.807, 2.05) is 24.3 Å². The lowest BCUT2D eigenvalue weighted by atomic mass is 10.2. The Morgan fingerprint density at radius 3 is 2.42 bits per heavy atom. The molecule has 26 heavy (non-hydrogen) atoms. The van der Waals surface area contributed by atoms with Crippen molar-refractivity contribution in [1.29, 1.82) is 0 Å². The first-order valence-corrected chi connectivity index (χ1v) is 9.01. The summed E-state index contributed by atoms with van der Waals surface area (Å²) in [6, 6.07) is 12.0. The van der Waals surface area contributed by atoms with Crippen LogP contribution in [-0.2, 0) is 11.3 Å². The Labute approximate surface area is 154 Å². The van der Waals surface area contributed by atoms with E-state index in [1.165, 1.54) is 5.69 Å². The van der Waals surface area contributed by atoms with Gasteiger partial charge in [-0.1, -0.05) is 0 Å². The summed E-state index contributed by atoms with van der Waals surface area (Å²) in [5.41, 5.74) is 2.29.